The van der Waals surface area contributed by atoms with Crippen LogP contribution in [0.15, 0.2) is 16.5 Å². The van der Waals surface area contributed by atoms with E-state index in [9.17, 15) is 9.59 Å². The summed E-state index contributed by atoms with van der Waals surface area (Å²) in [5, 5.41) is 10.6. The van der Waals surface area contributed by atoms with Gasteiger partial charge in [0.2, 0.25) is 0 Å². The molecule has 0 aliphatic heterocycles. The Morgan fingerprint density at radius 2 is 2.25 bits per heavy atom. The Morgan fingerprint density at radius 1 is 1.50 bits per heavy atom. The molecule has 7 nitrogen and oxygen atoms in total. The first-order valence-corrected chi connectivity index (χ1v) is 4.50. The van der Waals surface area contributed by atoms with Crippen LogP contribution in [0.25, 0.3) is 0 Å². The first-order valence-electron chi connectivity index (χ1n) is 4.50. The molecule has 0 aliphatic rings. The number of nitrogens with one attached hydrogen (secondary N) is 2. The summed E-state index contributed by atoms with van der Waals surface area (Å²) in [5.41, 5.74) is 1.92. The van der Waals surface area contributed by atoms with Crippen LogP contribution in [0.1, 0.15) is 11.5 Å². The summed E-state index contributed by atoms with van der Waals surface area (Å²) >= 11 is 0. The Kier molecular flexibility index (Phi) is 4.34. The van der Waals surface area contributed by atoms with E-state index in [4.69, 9.17) is 9.52 Å². The summed E-state index contributed by atoms with van der Waals surface area (Å²) < 4.78 is 5.20. The van der Waals surface area contributed by atoms with Gasteiger partial charge in [-0.05, 0) is 19.1 Å². The highest BCUT2D eigenvalue weighted by Crippen LogP contribution is 2.04. The van der Waals surface area contributed by atoms with Crippen molar-refractivity contribution in [1.82, 2.24) is 10.8 Å². The lowest BCUT2D eigenvalue weighted by atomic mass is 10.4. The van der Waals surface area contributed by atoms with Crippen LogP contribution in [0.2, 0.25) is 0 Å². The fourth-order valence-corrected chi connectivity index (χ4v) is 0.947. The number of urea groups is 1. The smallest absolute Gasteiger partial charge is 0.339 e. The van der Waals surface area contributed by atoms with Crippen LogP contribution >= 0.6 is 0 Å². The molecule has 0 aromatic carbocycles. The average Bonchev–Trinajstić information content (AvgIpc) is 2.61. The molecule has 0 fully saturated rings. The fourth-order valence-electron chi connectivity index (χ4n) is 0.947. The molecule has 0 radical (unpaired) electrons. The Bertz CT molecular complexity index is 374. The first kappa shape index (κ1) is 12.1. The molecule has 3 N–H and O–H groups in total. The average molecular weight is 228 g/mol. The third-order valence-corrected chi connectivity index (χ3v) is 1.58. The van der Waals surface area contributed by atoms with Crippen molar-refractivity contribution < 1.29 is 24.0 Å². The van der Waals surface area contributed by atoms with Crippen molar-refractivity contribution in [2.75, 3.05) is 6.61 Å². The maximum atomic E-state index is 11.0. The summed E-state index contributed by atoms with van der Waals surface area (Å²) in [6.45, 7) is 1.41. The van der Waals surface area contributed by atoms with E-state index in [1.807, 2.05) is 5.48 Å². The van der Waals surface area contributed by atoms with Crippen LogP contribution in [0, 0.1) is 6.92 Å². The Balaban J connectivity index is 2.17. The van der Waals surface area contributed by atoms with Crippen molar-refractivity contribution in [2.24, 2.45) is 0 Å². The molecule has 0 bridgehead atoms. The van der Waals surface area contributed by atoms with Crippen molar-refractivity contribution in [3.8, 4) is 0 Å². The van der Waals surface area contributed by atoms with Crippen LogP contribution < -0.4 is 10.8 Å². The summed E-state index contributed by atoms with van der Waals surface area (Å²) in [4.78, 5) is 25.4. The zero-order chi connectivity index (χ0) is 12.0. The summed E-state index contributed by atoms with van der Waals surface area (Å²) in [5.74, 6) is 0.187. The molecule has 1 aromatic heterocycles. The molecule has 2 amide bonds. The van der Waals surface area contributed by atoms with Crippen LogP contribution in [0.5, 0.6) is 0 Å². The minimum absolute atomic E-state index is 0.204. The largest absolute Gasteiger partial charge is 0.479 e. The Labute approximate surface area is 91.3 Å². The zero-order valence-electron chi connectivity index (χ0n) is 8.65. The first-order chi connectivity index (χ1) is 7.58. The number of aryl methyl sites for hydroxylation is 1. The molecule has 0 saturated heterocycles. The van der Waals surface area contributed by atoms with Gasteiger partial charge in [0.1, 0.15) is 11.5 Å². The summed E-state index contributed by atoms with van der Waals surface area (Å²) in [6, 6.07) is 2.87. The lowest BCUT2D eigenvalue weighted by Crippen LogP contribution is -2.36. The number of amides is 2. The number of carboxylic acid groups (broad SMARTS) is 1. The summed E-state index contributed by atoms with van der Waals surface area (Å²) in [7, 11) is 0. The number of furan rings is 1. The molecule has 0 spiro atoms. The molecule has 16 heavy (non-hydrogen) atoms. The van der Waals surface area contributed by atoms with Gasteiger partial charge in [0.25, 0.3) is 0 Å². The van der Waals surface area contributed by atoms with Crippen LogP contribution in [0.3, 0.4) is 0 Å². The SMILES string of the molecule is Cc1ccc(CNC(=O)NOCC(=O)O)o1. The third kappa shape index (κ3) is 4.47. The van der Waals surface area contributed by atoms with Gasteiger partial charge < -0.3 is 14.8 Å². The highest BCUT2D eigenvalue weighted by molar-refractivity contribution is 5.73. The molecule has 0 saturated carbocycles. The van der Waals surface area contributed by atoms with E-state index in [0.717, 1.165) is 5.76 Å². The van der Waals surface area contributed by atoms with E-state index in [1.54, 1.807) is 19.1 Å². The van der Waals surface area contributed by atoms with Crippen molar-refractivity contribution in [2.45, 2.75) is 13.5 Å². The third-order valence-electron chi connectivity index (χ3n) is 1.58. The highest BCUT2D eigenvalue weighted by atomic mass is 16.7. The van der Waals surface area contributed by atoms with Gasteiger partial charge in [-0.25, -0.2) is 15.1 Å². The monoisotopic (exact) mass is 228 g/mol. The van der Waals surface area contributed by atoms with Gasteiger partial charge in [-0.1, -0.05) is 0 Å². The van der Waals surface area contributed by atoms with E-state index in [2.05, 4.69) is 10.2 Å². The van der Waals surface area contributed by atoms with Gasteiger partial charge in [0.05, 0.1) is 6.54 Å². The number of hydrogen-bond donors (Lipinski definition) is 3. The second-order valence-corrected chi connectivity index (χ2v) is 2.98. The maximum Gasteiger partial charge on any atom is 0.339 e. The number of carbonyl (C=O) groups excluding carboxylic acids is 1. The van der Waals surface area contributed by atoms with Gasteiger partial charge in [0, 0.05) is 0 Å². The molecule has 0 atom stereocenters. The predicted molar refractivity (Wildman–Crippen MR) is 52.4 cm³/mol. The van der Waals surface area contributed by atoms with E-state index in [1.165, 1.54) is 0 Å². The van der Waals surface area contributed by atoms with Crippen molar-refractivity contribution >= 4 is 12.0 Å². The van der Waals surface area contributed by atoms with Gasteiger partial charge in [0.15, 0.2) is 6.61 Å². The van der Waals surface area contributed by atoms with E-state index in [-0.39, 0.29) is 6.54 Å². The standard InChI is InChI=1S/C9H12N2O5/c1-6-2-3-7(16-6)4-10-9(14)11-15-5-8(12)13/h2-3H,4-5H2,1H3,(H,12,13)(H2,10,11,14). The van der Waals surface area contributed by atoms with Gasteiger partial charge in [-0.2, -0.15) is 0 Å². The molecular formula is C9H12N2O5. The van der Waals surface area contributed by atoms with Gasteiger partial charge in [-0.15, -0.1) is 0 Å². The van der Waals surface area contributed by atoms with E-state index >= 15 is 0 Å². The number of hydrogen-bond acceptors (Lipinski definition) is 4. The van der Waals surface area contributed by atoms with Crippen molar-refractivity contribution in [3.05, 3.63) is 23.7 Å². The second kappa shape index (κ2) is 5.76. The molecule has 1 rings (SSSR count). The topological polar surface area (TPSA) is 101 Å². The molecule has 1 heterocycles. The minimum atomic E-state index is -1.16. The molecule has 88 valence electrons. The molecule has 7 heteroatoms. The highest BCUT2D eigenvalue weighted by Gasteiger charge is 2.04. The maximum absolute atomic E-state index is 11.0. The normalized spacial score (nSPS) is 9.81. The van der Waals surface area contributed by atoms with E-state index < -0.39 is 18.6 Å². The quantitative estimate of drug-likeness (QED) is 0.633. The van der Waals surface area contributed by atoms with Crippen molar-refractivity contribution in [1.29, 1.82) is 0 Å². The Hall–Kier alpha value is -2.02. The number of aliphatic carboxylic acids is 1. The molecule has 0 unspecified atom stereocenters. The lowest BCUT2D eigenvalue weighted by molar-refractivity contribution is -0.144. The molecule has 0 aliphatic carbocycles. The minimum Gasteiger partial charge on any atom is -0.479 e. The lowest BCUT2D eigenvalue weighted by Gasteiger charge is -2.04. The summed E-state index contributed by atoms with van der Waals surface area (Å²) in [6.07, 6.45) is 0. The van der Waals surface area contributed by atoms with Crippen molar-refractivity contribution in [3.63, 3.8) is 0 Å². The molecular weight excluding hydrogens is 216 g/mol. The Morgan fingerprint density at radius 3 is 2.81 bits per heavy atom. The number of carbonyl (C=O) groups is 2. The fraction of sp³-hybridized carbons (Fsp3) is 0.333. The van der Waals surface area contributed by atoms with E-state index in [0.29, 0.717) is 5.76 Å². The molecule has 1 aromatic rings. The second-order valence-electron chi connectivity index (χ2n) is 2.98. The van der Waals surface area contributed by atoms with Gasteiger partial charge >= 0.3 is 12.0 Å². The van der Waals surface area contributed by atoms with Crippen LogP contribution in [0.4, 0.5) is 4.79 Å². The van der Waals surface area contributed by atoms with Crippen LogP contribution in [-0.4, -0.2) is 23.7 Å². The number of rotatable bonds is 5. The zero-order valence-corrected chi connectivity index (χ0v) is 8.65. The number of carboxylic acids is 1. The number of hydroxylamine groups is 1. The van der Waals surface area contributed by atoms with Gasteiger partial charge in [-0.3, -0.25) is 4.84 Å². The predicted octanol–water partition coefficient (Wildman–Crippen LogP) is 0.403. The van der Waals surface area contributed by atoms with Crippen LogP contribution in [-0.2, 0) is 16.2 Å².